The minimum atomic E-state index is -0.532. The molecule has 2 atom stereocenters. The van der Waals surface area contributed by atoms with Crippen LogP contribution in [0.4, 0.5) is 5.69 Å². The summed E-state index contributed by atoms with van der Waals surface area (Å²) in [6, 6.07) is 20.3. The highest BCUT2D eigenvalue weighted by Gasteiger charge is 2.44. The maximum Gasteiger partial charge on any atom is 0.339 e. The minimum absolute atomic E-state index is 0.000415. The fourth-order valence-corrected chi connectivity index (χ4v) is 4.96. The molecule has 3 aromatic rings. The molecule has 166 valence electrons. The van der Waals surface area contributed by atoms with Crippen LogP contribution in [0.5, 0.6) is 0 Å². The van der Waals surface area contributed by atoms with Crippen molar-refractivity contribution < 1.29 is 23.5 Å². The number of Topliss-reactive ketones (excluding diaryl/α,β-unsaturated/α-hetero) is 1. The molecule has 0 fully saturated rings. The van der Waals surface area contributed by atoms with Crippen LogP contribution in [-0.2, 0) is 14.3 Å². The Morgan fingerprint density at radius 3 is 2.42 bits per heavy atom. The Balaban J connectivity index is 1.68. The van der Waals surface area contributed by atoms with Crippen molar-refractivity contribution in [3.63, 3.8) is 0 Å². The van der Waals surface area contributed by atoms with E-state index in [0.29, 0.717) is 35.6 Å². The van der Waals surface area contributed by atoms with E-state index in [9.17, 15) is 14.4 Å². The lowest BCUT2D eigenvalue weighted by atomic mass is 9.74. The molecule has 0 N–H and O–H groups in total. The van der Waals surface area contributed by atoms with Gasteiger partial charge in [-0.1, -0.05) is 42.5 Å². The lowest BCUT2D eigenvalue weighted by Gasteiger charge is -2.40. The Morgan fingerprint density at radius 1 is 0.939 bits per heavy atom. The number of ketones is 1. The Labute approximate surface area is 191 Å². The number of anilines is 1. The molecule has 1 aromatic heterocycles. The standard InChI is InChI=1S/C27H23NO5/c1-32-27(31)19-10-5-6-11-21(19)28-22-14-18(17-8-3-2-4-9-17)15-23(29)26(22)20(16-25(28)30)24-12-7-13-33-24/h2-13,18,20H,14-16H2,1H3. The summed E-state index contributed by atoms with van der Waals surface area (Å²) >= 11 is 0. The highest BCUT2D eigenvalue weighted by atomic mass is 16.5. The first kappa shape index (κ1) is 20.9. The molecule has 0 bridgehead atoms. The SMILES string of the molecule is COC(=O)c1ccccc1N1C(=O)CC(c2ccco2)C2=C1CC(c1ccccc1)CC2=O. The van der Waals surface area contributed by atoms with Crippen molar-refractivity contribution >= 4 is 23.3 Å². The summed E-state index contributed by atoms with van der Waals surface area (Å²) < 4.78 is 10.6. The summed E-state index contributed by atoms with van der Waals surface area (Å²) in [4.78, 5) is 41.1. The average Bonchev–Trinajstić information content (AvgIpc) is 3.38. The molecular weight excluding hydrogens is 418 g/mol. The van der Waals surface area contributed by atoms with Crippen LogP contribution in [0.1, 0.15) is 52.8 Å². The predicted octanol–water partition coefficient (Wildman–Crippen LogP) is 4.99. The maximum absolute atomic E-state index is 13.6. The largest absolute Gasteiger partial charge is 0.469 e. The average molecular weight is 441 g/mol. The van der Waals surface area contributed by atoms with Gasteiger partial charge in [0.05, 0.1) is 30.5 Å². The van der Waals surface area contributed by atoms with E-state index in [1.165, 1.54) is 7.11 Å². The van der Waals surface area contributed by atoms with Gasteiger partial charge in [-0.3, -0.25) is 14.5 Å². The molecule has 0 radical (unpaired) electrons. The highest BCUT2D eigenvalue weighted by Crippen LogP contribution is 2.47. The lowest BCUT2D eigenvalue weighted by Crippen LogP contribution is -2.42. The van der Waals surface area contributed by atoms with E-state index in [2.05, 4.69) is 0 Å². The van der Waals surface area contributed by atoms with Gasteiger partial charge in [-0.05, 0) is 42.2 Å². The van der Waals surface area contributed by atoms with Gasteiger partial charge in [0.1, 0.15) is 5.76 Å². The van der Waals surface area contributed by atoms with Crippen LogP contribution in [-0.4, -0.2) is 24.8 Å². The van der Waals surface area contributed by atoms with E-state index >= 15 is 0 Å². The van der Waals surface area contributed by atoms with Gasteiger partial charge >= 0.3 is 5.97 Å². The predicted molar refractivity (Wildman–Crippen MR) is 122 cm³/mol. The molecule has 6 nitrogen and oxygen atoms in total. The second-order valence-corrected chi connectivity index (χ2v) is 8.31. The Bertz CT molecular complexity index is 1240. The van der Waals surface area contributed by atoms with E-state index in [-0.39, 0.29) is 29.6 Å². The molecule has 0 saturated carbocycles. The van der Waals surface area contributed by atoms with Crippen LogP contribution in [0.2, 0.25) is 0 Å². The first-order valence-electron chi connectivity index (χ1n) is 10.9. The number of furan rings is 1. The second-order valence-electron chi connectivity index (χ2n) is 8.31. The molecule has 2 heterocycles. The fourth-order valence-electron chi connectivity index (χ4n) is 4.96. The van der Waals surface area contributed by atoms with Crippen molar-refractivity contribution in [3.05, 3.63) is 101 Å². The summed E-state index contributed by atoms with van der Waals surface area (Å²) in [6.45, 7) is 0. The van der Waals surface area contributed by atoms with Gasteiger partial charge in [-0.25, -0.2) is 4.79 Å². The van der Waals surface area contributed by atoms with Crippen LogP contribution >= 0.6 is 0 Å². The normalized spacial score (nSPS) is 20.6. The Hall–Kier alpha value is -3.93. The summed E-state index contributed by atoms with van der Waals surface area (Å²) in [6.07, 6.45) is 2.51. The molecule has 0 spiro atoms. The van der Waals surface area contributed by atoms with E-state index in [1.807, 2.05) is 30.3 Å². The van der Waals surface area contributed by atoms with E-state index in [4.69, 9.17) is 9.15 Å². The molecule has 1 aliphatic heterocycles. The van der Waals surface area contributed by atoms with Crippen molar-refractivity contribution in [2.24, 2.45) is 0 Å². The molecule has 6 heteroatoms. The Morgan fingerprint density at radius 2 is 1.70 bits per heavy atom. The van der Waals surface area contributed by atoms with Crippen LogP contribution < -0.4 is 4.90 Å². The second kappa shape index (κ2) is 8.54. The van der Waals surface area contributed by atoms with Gasteiger partial charge in [0.2, 0.25) is 5.91 Å². The molecule has 33 heavy (non-hydrogen) atoms. The van der Waals surface area contributed by atoms with E-state index < -0.39 is 11.9 Å². The minimum Gasteiger partial charge on any atom is -0.469 e. The number of allylic oxidation sites excluding steroid dienone is 2. The quantitative estimate of drug-likeness (QED) is 0.533. The molecule has 2 aliphatic rings. The molecule has 2 aromatic carbocycles. The number of esters is 1. The lowest BCUT2D eigenvalue weighted by molar-refractivity contribution is -0.120. The maximum atomic E-state index is 13.6. The zero-order chi connectivity index (χ0) is 22.9. The van der Waals surface area contributed by atoms with Crippen LogP contribution in [0.25, 0.3) is 0 Å². The van der Waals surface area contributed by atoms with Gasteiger partial charge in [-0.15, -0.1) is 0 Å². The summed E-state index contributed by atoms with van der Waals surface area (Å²) in [7, 11) is 1.31. The summed E-state index contributed by atoms with van der Waals surface area (Å²) in [5.41, 5.74) is 2.99. The number of carbonyl (C=O) groups excluding carboxylic acids is 3. The van der Waals surface area contributed by atoms with Crippen molar-refractivity contribution in [1.29, 1.82) is 0 Å². The highest BCUT2D eigenvalue weighted by molar-refractivity contribution is 6.10. The first-order valence-corrected chi connectivity index (χ1v) is 10.9. The third-order valence-corrected chi connectivity index (χ3v) is 6.44. The number of benzene rings is 2. The fraction of sp³-hybridized carbons (Fsp3) is 0.222. The number of hydrogen-bond donors (Lipinski definition) is 0. The number of ether oxygens (including phenoxy) is 1. The van der Waals surface area contributed by atoms with Gasteiger partial charge in [-0.2, -0.15) is 0 Å². The molecule has 1 aliphatic carbocycles. The number of nitrogens with zero attached hydrogens (tertiary/aromatic N) is 1. The topological polar surface area (TPSA) is 76.8 Å². The van der Waals surface area contributed by atoms with Gasteiger partial charge in [0, 0.05) is 24.1 Å². The van der Waals surface area contributed by atoms with Crippen LogP contribution in [0.15, 0.2) is 88.7 Å². The number of carbonyl (C=O) groups is 3. The van der Waals surface area contributed by atoms with Crippen molar-refractivity contribution in [2.75, 3.05) is 12.0 Å². The van der Waals surface area contributed by atoms with Crippen molar-refractivity contribution in [2.45, 2.75) is 31.1 Å². The number of hydrogen-bond acceptors (Lipinski definition) is 5. The zero-order valence-electron chi connectivity index (χ0n) is 18.2. The number of rotatable bonds is 4. The Kier molecular flexibility index (Phi) is 5.42. The van der Waals surface area contributed by atoms with Gasteiger partial charge in [0.15, 0.2) is 5.78 Å². The smallest absolute Gasteiger partial charge is 0.339 e. The van der Waals surface area contributed by atoms with Crippen molar-refractivity contribution in [1.82, 2.24) is 0 Å². The van der Waals surface area contributed by atoms with Crippen molar-refractivity contribution in [3.8, 4) is 0 Å². The zero-order valence-corrected chi connectivity index (χ0v) is 18.2. The molecule has 1 amide bonds. The summed E-state index contributed by atoms with van der Waals surface area (Å²) in [5.74, 6) is -0.618. The molecule has 0 saturated heterocycles. The number of methoxy groups -OCH3 is 1. The van der Waals surface area contributed by atoms with Crippen LogP contribution in [0, 0.1) is 0 Å². The van der Waals surface area contributed by atoms with E-state index in [1.54, 1.807) is 47.6 Å². The first-order chi connectivity index (χ1) is 16.1. The molecule has 5 rings (SSSR count). The molecule has 2 unspecified atom stereocenters. The number of para-hydroxylation sites is 1. The van der Waals surface area contributed by atoms with E-state index in [0.717, 1.165) is 5.56 Å². The summed E-state index contributed by atoms with van der Waals surface area (Å²) in [5, 5.41) is 0. The molecular formula is C27H23NO5. The van der Waals surface area contributed by atoms with Crippen LogP contribution in [0.3, 0.4) is 0 Å². The monoisotopic (exact) mass is 441 g/mol. The van der Waals surface area contributed by atoms with Gasteiger partial charge < -0.3 is 9.15 Å². The third-order valence-electron chi connectivity index (χ3n) is 6.44. The number of amides is 1. The third kappa shape index (κ3) is 3.67. The van der Waals surface area contributed by atoms with Gasteiger partial charge in [0.25, 0.3) is 0 Å².